The normalized spacial score (nSPS) is 12.3. The molecule has 1 N–H and O–H groups in total. The molecule has 6 heteroatoms. The first kappa shape index (κ1) is 17.8. The summed E-state index contributed by atoms with van der Waals surface area (Å²) in [5.74, 6) is 0.138. The van der Waals surface area contributed by atoms with Crippen molar-refractivity contribution in [2.24, 2.45) is 5.92 Å². The van der Waals surface area contributed by atoms with Gasteiger partial charge in [0, 0.05) is 6.42 Å². The first-order valence-electron chi connectivity index (χ1n) is 8.73. The highest BCUT2D eigenvalue weighted by Gasteiger charge is 2.18. The molecular weight excluding hydrogens is 328 g/mol. The largest absolute Gasteiger partial charge is 0.349 e. The van der Waals surface area contributed by atoms with Gasteiger partial charge in [-0.3, -0.25) is 9.59 Å². The van der Waals surface area contributed by atoms with E-state index in [1.54, 1.807) is 18.2 Å². The summed E-state index contributed by atoms with van der Waals surface area (Å²) in [5.41, 5.74) is 1.40. The van der Waals surface area contributed by atoms with Gasteiger partial charge in [0.1, 0.15) is 5.52 Å². The fourth-order valence-corrected chi connectivity index (χ4v) is 2.92. The number of hydrogen-bond acceptors (Lipinski definition) is 4. The van der Waals surface area contributed by atoms with Gasteiger partial charge in [-0.05, 0) is 23.6 Å². The van der Waals surface area contributed by atoms with E-state index in [0.29, 0.717) is 10.9 Å². The van der Waals surface area contributed by atoms with E-state index in [2.05, 4.69) is 29.5 Å². The summed E-state index contributed by atoms with van der Waals surface area (Å²) >= 11 is 0. The maximum atomic E-state index is 12.4. The van der Waals surface area contributed by atoms with Gasteiger partial charge in [-0.2, -0.15) is 0 Å². The fourth-order valence-electron chi connectivity index (χ4n) is 2.92. The Labute approximate surface area is 151 Å². The Bertz CT molecular complexity index is 951. The number of benzene rings is 2. The zero-order valence-corrected chi connectivity index (χ0v) is 14.9. The van der Waals surface area contributed by atoms with Crippen LogP contribution in [-0.4, -0.2) is 20.9 Å². The molecule has 0 bridgehead atoms. The van der Waals surface area contributed by atoms with Crippen molar-refractivity contribution in [1.82, 2.24) is 20.3 Å². The van der Waals surface area contributed by atoms with E-state index in [1.807, 2.05) is 36.4 Å². The fraction of sp³-hybridized carbons (Fsp3) is 0.300. The molecule has 0 spiro atoms. The van der Waals surface area contributed by atoms with Crippen LogP contribution in [0.1, 0.15) is 31.9 Å². The maximum absolute atomic E-state index is 12.4. The molecule has 26 heavy (non-hydrogen) atoms. The Balaban J connectivity index is 1.69. The number of amides is 1. The standard InChI is InChI=1S/C20H22N4O2/c1-14(2)19(15-8-4-3-5-9-15)21-18(25)12-13-24-20(26)16-10-6-7-11-17(16)22-23-24/h3-11,14,19H,12-13H2,1-2H3,(H,21,25)/t19-/m0/s1. The number of hydrogen-bond donors (Lipinski definition) is 1. The third kappa shape index (κ3) is 3.96. The topological polar surface area (TPSA) is 76.9 Å². The van der Waals surface area contributed by atoms with Crippen molar-refractivity contribution in [3.05, 3.63) is 70.5 Å². The molecule has 0 fully saturated rings. The van der Waals surface area contributed by atoms with Gasteiger partial charge in [0.15, 0.2) is 0 Å². The number of nitrogens with zero attached hydrogens (tertiary/aromatic N) is 3. The van der Waals surface area contributed by atoms with Crippen LogP contribution in [0.4, 0.5) is 0 Å². The summed E-state index contributed by atoms with van der Waals surface area (Å²) in [6.45, 7) is 4.33. The minimum absolute atomic E-state index is 0.0666. The summed E-state index contributed by atoms with van der Waals surface area (Å²) in [7, 11) is 0. The molecule has 0 aliphatic rings. The summed E-state index contributed by atoms with van der Waals surface area (Å²) in [6, 6.07) is 16.9. The van der Waals surface area contributed by atoms with Crippen LogP contribution in [0.25, 0.3) is 10.9 Å². The van der Waals surface area contributed by atoms with Crippen LogP contribution < -0.4 is 10.9 Å². The number of fused-ring (bicyclic) bond motifs is 1. The van der Waals surface area contributed by atoms with E-state index >= 15 is 0 Å². The average molecular weight is 350 g/mol. The molecule has 0 saturated heterocycles. The predicted octanol–water partition coefficient (Wildman–Crippen LogP) is 2.70. The second-order valence-electron chi connectivity index (χ2n) is 6.58. The van der Waals surface area contributed by atoms with Gasteiger partial charge in [-0.25, -0.2) is 4.68 Å². The monoisotopic (exact) mass is 350 g/mol. The molecular formula is C20H22N4O2. The van der Waals surface area contributed by atoms with Gasteiger partial charge in [0.25, 0.3) is 5.56 Å². The molecule has 2 aromatic carbocycles. The van der Waals surface area contributed by atoms with Crippen LogP contribution in [0.5, 0.6) is 0 Å². The third-order valence-corrected chi connectivity index (χ3v) is 4.32. The minimum Gasteiger partial charge on any atom is -0.349 e. The maximum Gasteiger partial charge on any atom is 0.277 e. The van der Waals surface area contributed by atoms with Crippen molar-refractivity contribution in [3.8, 4) is 0 Å². The molecule has 1 atom stereocenters. The molecule has 1 amide bonds. The SMILES string of the molecule is CC(C)[C@H](NC(=O)CCn1nnc2ccccc2c1=O)c1ccccc1. The number of aryl methyl sites for hydroxylation is 1. The second kappa shape index (κ2) is 7.91. The van der Waals surface area contributed by atoms with Crippen molar-refractivity contribution in [2.75, 3.05) is 0 Å². The highest BCUT2D eigenvalue weighted by atomic mass is 16.2. The second-order valence-corrected chi connectivity index (χ2v) is 6.58. The van der Waals surface area contributed by atoms with E-state index in [9.17, 15) is 9.59 Å². The molecule has 3 rings (SSSR count). The molecule has 0 saturated carbocycles. The van der Waals surface area contributed by atoms with Gasteiger partial charge in [-0.1, -0.05) is 61.5 Å². The third-order valence-electron chi connectivity index (χ3n) is 4.32. The minimum atomic E-state index is -0.230. The summed E-state index contributed by atoms with van der Waals surface area (Å²) in [4.78, 5) is 24.8. The predicted molar refractivity (Wildman–Crippen MR) is 101 cm³/mol. The lowest BCUT2D eigenvalue weighted by molar-refractivity contribution is -0.122. The number of rotatable bonds is 6. The Kier molecular flexibility index (Phi) is 5.41. The van der Waals surface area contributed by atoms with Crippen molar-refractivity contribution in [2.45, 2.75) is 32.9 Å². The summed E-state index contributed by atoms with van der Waals surface area (Å²) in [6.07, 6.45) is 0.170. The van der Waals surface area contributed by atoms with Gasteiger partial charge >= 0.3 is 0 Å². The molecule has 0 aliphatic heterocycles. The highest BCUT2D eigenvalue weighted by Crippen LogP contribution is 2.21. The number of aromatic nitrogens is 3. The van der Waals surface area contributed by atoms with Crippen molar-refractivity contribution in [3.63, 3.8) is 0 Å². The lowest BCUT2D eigenvalue weighted by Gasteiger charge is -2.23. The molecule has 0 radical (unpaired) electrons. The van der Waals surface area contributed by atoms with Crippen LogP contribution in [0.15, 0.2) is 59.4 Å². The van der Waals surface area contributed by atoms with Crippen molar-refractivity contribution in [1.29, 1.82) is 0 Å². The van der Waals surface area contributed by atoms with Crippen LogP contribution in [0.2, 0.25) is 0 Å². The Hall–Kier alpha value is -3.02. The molecule has 6 nitrogen and oxygen atoms in total. The number of carbonyl (C=O) groups excluding carboxylic acids is 1. The first-order chi connectivity index (χ1) is 12.6. The van der Waals surface area contributed by atoms with Crippen LogP contribution >= 0.6 is 0 Å². The van der Waals surface area contributed by atoms with Crippen LogP contribution in [0.3, 0.4) is 0 Å². The van der Waals surface area contributed by atoms with E-state index in [4.69, 9.17) is 0 Å². The molecule has 0 aliphatic carbocycles. The zero-order chi connectivity index (χ0) is 18.5. The Morgan fingerprint density at radius 1 is 1.08 bits per heavy atom. The van der Waals surface area contributed by atoms with E-state index < -0.39 is 0 Å². The Morgan fingerprint density at radius 2 is 1.77 bits per heavy atom. The van der Waals surface area contributed by atoms with E-state index in [-0.39, 0.29) is 36.4 Å². The smallest absolute Gasteiger partial charge is 0.277 e. The van der Waals surface area contributed by atoms with Crippen molar-refractivity contribution < 1.29 is 4.79 Å². The molecule has 3 aromatic rings. The lowest BCUT2D eigenvalue weighted by atomic mass is 9.96. The van der Waals surface area contributed by atoms with Gasteiger partial charge in [-0.15, -0.1) is 5.10 Å². The zero-order valence-electron chi connectivity index (χ0n) is 14.9. The first-order valence-corrected chi connectivity index (χ1v) is 8.73. The van der Waals surface area contributed by atoms with Crippen LogP contribution in [-0.2, 0) is 11.3 Å². The average Bonchev–Trinajstić information content (AvgIpc) is 2.66. The van der Waals surface area contributed by atoms with E-state index in [0.717, 1.165) is 5.56 Å². The number of nitrogens with one attached hydrogen (secondary N) is 1. The van der Waals surface area contributed by atoms with E-state index in [1.165, 1.54) is 4.68 Å². The summed E-state index contributed by atoms with van der Waals surface area (Å²) < 4.78 is 1.24. The molecule has 1 aromatic heterocycles. The lowest BCUT2D eigenvalue weighted by Crippen LogP contribution is -2.33. The molecule has 1 heterocycles. The quantitative estimate of drug-likeness (QED) is 0.741. The Morgan fingerprint density at radius 3 is 2.50 bits per heavy atom. The van der Waals surface area contributed by atoms with Crippen molar-refractivity contribution >= 4 is 16.8 Å². The summed E-state index contributed by atoms with van der Waals surface area (Å²) in [5, 5.41) is 11.5. The molecule has 134 valence electrons. The van der Waals surface area contributed by atoms with Gasteiger partial charge in [0.05, 0.1) is 18.0 Å². The highest BCUT2D eigenvalue weighted by molar-refractivity contribution is 5.77. The molecule has 0 unspecified atom stereocenters. The van der Waals surface area contributed by atoms with Gasteiger partial charge < -0.3 is 5.32 Å². The number of carbonyl (C=O) groups is 1. The van der Waals surface area contributed by atoms with Gasteiger partial charge in [0.2, 0.25) is 5.91 Å². The van der Waals surface area contributed by atoms with Crippen LogP contribution in [0, 0.1) is 5.92 Å².